The average Bonchev–Trinajstić information content (AvgIpc) is 2.40. The van der Waals surface area contributed by atoms with Crippen LogP contribution in [0.1, 0.15) is 44.9 Å². The van der Waals surface area contributed by atoms with E-state index in [0.717, 1.165) is 38.5 Å². The molecule has 5 heteroatoms. The molecule has 0 spiro atoms. The minimum absolute atomic E-state index is 0.108. The average molecular weight is 280 g/mol. The number of hydrogen-bond donors (Lipinski definition) is 0. The lowest BCUT2D eigenvalue weighted by molar-refractivity contribution is 0.284. The topological polar surface area (TPSA) is 37.4 Å². The molecule has 0 aromatic carbocycles. The van der Waals surface area contributed by atoms with Gasteiger partial charge in [-0.1, -0.05) is 19.3 Å². The van der Waals surface area contributed by atoms with Gasteiger partial charge in [-0.25, -0.2) is 12.7 Å². The van der Waals surface area contributed by atoms with Gasteiger partial charge < -0.3 is 0 Å². The van der Waals surface area contributed by atoms with Gasteiger partial charge >= 0.3 is 0 Å². The van der Waals surface area contributed by atoms with Gasteiger partial charge in [-0.2, -0.15) is 0 Å². The third-order valence-corrected chi connectivity index (χ3v) is 6.96. The largest absolute Gasteiger partial charge is 0.216 e. The highest BCUT2D eigenvalue weighted by atomic mass is 35.5. The molecule has 0 unspecified atom stereocenters. The third kappa shape index (κ3) is 3.15. The summed E-state index contributed by atoms with van der Waals surface area (Å²) in [4.78, 5) is 0. The molecule has 1 saturated heterocycles. The van der Waals surface area contributed by atoms with Crippen molar-refractivity contribution in [1.29, 1.82) is 0 Å². The Kier molecular flexibility index (Phi) is 4.72. The van der Waals surface area contributed by atoms with E-state index in [1.165, 1.54) is 6.42 Å². The molecule has 0 radical (unpaired) electrons. The second-order valence-electron chi connectivity index (χ2n) is 5.30. The van der Waals surface area contributed by atoms with Crippen molar-refractivity contribution >= 4 is 21.6 Å². The zero-order chi connectivity index (χ0) is 12.3. The predicted octanol–water partition coefficient (Wildman–Crippen LogP) is 2.60. The van der Waals surface area contributed by atoms with Crippen LogP contribution in [0.5, 0.6) is 0 Å². The first kappa shape index (κ1) is 13.6. The molecule has 0 aromatic heterocycles. The Hall–Kier alpha value is 0.200. The van der Waals surface area contributed by atoms with E-state index in [1.54, 1.807) is 4.31 Å². The molecule has 100 valence electrons. The fourth-order valence-electron chi connectivity index (χ4n) is 2.89. The van der Waals surface area contributed by atoms with Crippen molar-refractivity contribution in [3.05, 3.63) is 0 Å². The molecule has 0 atom stereocenters. The van der Waals surface area contributed by atoms with Crippen LogP contribution in [0.25, 0.3) is 0 Å². The fourth-order valence-corrected chi connectivity index (χ4v) is 5.27. The standard InChI is InChI=1S/C12H22ClNO2S/c13-10-11-6-8-14(9-7-11)17(15,16)12-4-2-1-3-5-12/h11-12H,1-10H2. The summed E-state index contributed by atoms with van der Waals surface area (Å²) >= 11 is 5.82. The van der Waals surface area contributed by atoms with E-state index in [9.17, 15) is 8.42 Å². The van der Waals surface area contributed by atoms with Crippen molar-refractivity contribution in [2.24, 2.45) is 5.92 Å². The summed E-state index contributed by atoms with van der Waals surface area (Å²) in [6, 6.07) is 0. The highest BCUT2D eigenvalue weighted by Crippen LogP contribution is 2.29. The van der Waals surface area contributed by atoms with Crippen LogP contribution >= 0.6 is 11.6 Å². The first-order valence-corrected chi connectivity index (χ1v) is 8.73. The van der Waals surface area contributed by atoms with E-state index in [-0.39, 0.29) is 5.25 Å². The maximum Gasteiger partial charge on any atom is 0.216 e. The highest BCUT2D eigenvalue weighted by Gasteiger charge is 2.34. The minimum Gasteiger partial charge on any atom is -0.212 e. The Bertz CT molecular complexity index is 330. The summed E-state index contributed by atoms with van der Waals surface area (Å²) in [6.07, 6.45) is 6.91. The van der Waals surface area contributed by atoms with Crippen molar-refractivity contribution in [2.75, 3.05) is 19.0 Å². The van der Waals surface area contributed by atoms with Gasteiger partial charge in [0.2, 0.25) is 10.0 Å². The zero-order valence-electron chi connectivity index (χ0n) is 10.3. The monoisotopic (exact) mass is 279 g/mol. The number of rotatable bonds is 3. The first-order chi connectivity index (χ1) is 8.14. The molecule has 1 heterocycles. The van der Waals surface area contributed by atoms with E-state index in [0.29, 0.717) is 24.9 Å². The van der Waals surface area contributed by atoms with Crippen LogP contribution in [0, 0.1) is 5.92 Å². The summed E-state index contributed by atoms with van der Waals surface area (Å²) in [5.74, 6) is 1.17. The molecule has 2 rings (SSSR count). The Morgan fingerprint density at radius 3 is 2.12 bits per heavy atom. The summed E-state index contributed by atoms with van der Waals surface area (Å²) in [5, 5.41) is -0.108. The number of alkyl halides is 1. The van der Waals surface area contributed by atoms with Gasteiger partial charge in [0, 0.05) is 19.0 Å². The van der Waals surface area contributed by atoms with Crippen LogP contribution in [-0.4, -0.2) is 36.9 Å². The van der Waals surface area contributed by atoms with Gasteiger partial charge in [0.1, 0.15) is 0 Å². The van der Waals surface area contributed by atoms with Crippen molar-refractivity contribution in [3.8, 4) is 0 Å². The Morgan fingerprint density at radius 2 is 1.59 bits per heavy atom. The normalized spacial score (nSPS) is 26.2. The highest BCUT2D eigenvalue weighted by molar-refractivity contribution is 7.89. The van der Waals surface area contributed by atoms with Crippen LogP contribution in [0.2, 0.25) is 0 Å². The molecule has 0 N–H and O–H groups in total. The quantitative estimate of drug-likeness (QED) is 0.745. The summed E-state index contributed by atoms with van der Waals surface area (Å²) < 4.78 is 26.6. The number of hydrogen-bond acceptors (Lipinski definition) is 2. The minimum atomic E-state index is -3.03. The Balaban J connectivity index is 1.96. The van der Waals surface area contributed by atoms with E-state index in [4.69, 9.17) is 11.6 Å². The first-order valence-electron chi connectivity index (χ1n) is 6.69. The lowest BCUT2D eigenvalue weighted by Crippen LogP contribution is -2.44. The second kappa shape index (κ2) is 5.89. The molecule has 0 aromatic rings. The third-order valence-electron chi connectivity index (χ3n) is 4.13. The molecule has 1 aliphatic heterocycles. The zero-order valence-corrected chi connectivity index (χ0v) is 11.8. The SMILES string of the molecule is O=S(=O)(C1CCCCC1)N1CCC(CCl)CC1. The van der Waals surface area contributed by atoms with Crippen molar-refractivity contribution in [3.63, 3.8) is 0 Å². The number of piperidine rings is 1. The molecule has 0 bridgehead atoms. The van der Waals surface area contributed by atoms with Crippen LogP contribution < -0.4 is 0 Å². The fraction of sp³-hybridized carbons (Fsp3) is 1.00. The molecular formula is C12H22ClNO2S. The summed E-state index contributed by atoms with van der Waals surface area (Å²) in [6.45, 7) is 1.35. The van der Waals surface area contributed by atoms with E-state index >= 15 is 0 Å². The van der Waals surface area contributed by atoms with Gasteiger partial charge in [0.05, 0.1) is 5.25 Å². The van der Waals surface area contributed by atoms with Crippen LogP contribution in [0.4, 0.5) is 0 Å². The number of sulfonamides is 1. The number of nitrogens with zero attached hydrogens (tertiary/aromatic N) is 1. The second-order valence-corrected chi connectivity index (χ2v) is 7.82. The van der Waals surface area contributed by atoms with Gasteiger partial charge in [0.15, 0.2) is 0 Å². The summed E-state index contributed by atoms with van der Waals surface area (Å²) in [7, 11) is -3.03. The molecule has 2 aliphatic rings. The van der Waals surface area contributed by atoms with Crippen molar-refractivity contribution in [2.45, 2.75) is 50.2 Å². The van der Waals surface area contributed by atoms with Crippen molar-refractivity contribution in [1.82, 2.24) is 4.31 Å². The predicted molar refractivity (Wildman–Crippen MR) is 70.8 cm³/mol. The van der Waals surface area contributed by atoms with E-state index in [2.05, 4.69) is 0 Å². The smallest absolute Gasteiger partial charge is 0.212 e. The Morgan fingerprint density at radius 1 is 1.00 bits per heavy atom. The van der Waals surface area contributed by atoms with E-state index < -0.39 is 10.0 Å². The molecule has 2 fully saturated rings. The Labute approximate surface area is 110 Å². The number of halogens is 1. The van der Waals surface area contributed by atoms with Gasteiger partial charge in [-0.05, 0) is 31.6 Å². The molecular weight excluding hydrogens is 258 g/mol. The van der Waals surface area contributed by atoms with Crippen LogP contribution in [0.15, 0.2) is 0 Å². The molecule has 3 nitrogen and oxygen atoms in total. The molecule has 1 aliphatic carbocycles. The molecule has 17 heavy (non-hydrogen) atoms. The van der Waals surface area contributed by atoms with Gasteiger partial charge in [-0.3, -0.25) is 0 Å². The maximum atomic E-state index is 12.4. The lowest BCUT2D eigenvalue weighted by atomic mass is 10.0. The lowest BCUT2D eigenvalue weighted by Gasteiger charge is -2.34. The van der Waals surface area contributed by atoms with Gasteiger partial charge in [0.25, 0.3) is 0 Å². The van der Waals surface area contributed by atoms with Gasteiger partial charge in [-0.15, -0.1) is 11.6 Å². The van der Waals surface area contributed by atoms with Crippen LogP contribution in [-0.2, 0) is 10.0 Å². The summed E-state index contributed by atoms with van der Waals surface area (Å²) in [5.41, 5.74) is 0. The van der Waals surface area contributed by atoms with E-state index in [1.807, 2.05) is 0 Å². The van der Waals surface area contributed by atoms with Crippen LogP contribution in [0.3, 0.4) is 0 Å². The van der Waals surface area contributed by atoms with Crippen molar-refractivity contribution < 1.29 is 8.42 Å². The molecule has 0 amide bonds. The maximum absolute atomic E-state index is 12.4. The molecule has 1 saturated carbocycles.